The fourth-order valence-electron chi connectivity index (χ4n) is 3.51. The van der Waals surface area contributed by atoms with Crippen molar-refractivity contribution in [2.75, 3.05) is 37.6 Å². The van der Waals surface area contributed by atoms with Crippen LogP contribution in [0, 0.1) is 5.92 Å². The lowest BCUT2D eigenvalue weighted by Gasteiger charge is -2.19. The molecule has 1 atom stereocenters. The summed E-state index contributed by atoms with van der Waals surface area (Å²) in [5, 5.41) is 2.64. The third kappa shape index (κ3) is 5.14. The molecule has 8 nitrogen and oxygen atoms in total. The number of benzene rings is 2. The highest BCUT2D eigenvalue weighted by Crippen LogP contribution is 2.30. The van der Waals surface area contributed by atoms with Crippen molar-refractivity contribution in [3.63, 3.8) is 0 Å². The molecule has 1 heterocycles. The number of hydrogen-bond donors (Lipinski definition) is 1. The Morgan fingerprint density at radius 2 is 1.90 bits per heavy atom. The van der Waals surface area contributed by atoms with Crippen molar-refractivity contribution in [3.05, 3.63) is 48.0 Å². The zero-order valence-electron chi connectivity index (χ0n) is 17.8. The van der Waals surface area contributed by atoms with Crippen LogP contribution in [-0.2, 0) is 25.5 Å². The molecule has 1 aliphatic heterocycles. The Bertz CT molecular complexity index is 974. The fraction of sp³-hybridized carbons (Fsp3) is 0.348. The highest BCUT2D eigenvalue weighted by molar-refractivity contribution is 6.00. The molecule has 2 aromatic carbocycles. The van der Waals surface area contributed by atoms with Gasteiger partial charge in [-0.2, -0.15) is 0 Å². The van der Waals surface area contributed by atoms with Gasteiger partial charge in [-0.15, -0.1) is 0 Å². The highest BCUT2D eigenvalue weighted by atomic mass is 16.5. The first-order valence-corrected chi connectivity index (χ1v) is 10.0. The number of aryl methyl sites for hydroxylation is 1. The number of esters is 1. The van der Waals surface area contributed by atoms with Crippen molar-refractivity contribution in [2.24, 2.45) is 5.92 Å². The van der Waals surface area contributed by atoms with Crippen LogP contribution in [0.25, 0.3) is 0 Å². The molecule has 0 aliphatic carbocycles. The van der Waals surface area contributed by atoms with Gasteiger partial charge in [-0.05, 0) is 30.2 Å². The molecule has 164 valence electrons. The Morgan fingerprint density at radius 3 is 2.61 bits per heavy atom. The molecule has 0 unspecified atom stereocenters. The number of anilines is 2. The summed E-state index contributed by atoms with van der Waals surface area (Å²) >= 11 is 0. The Labute approximate surface area is 181 Å². The topological polar surface area (TPSA) is 94.2 Å². The summed E-state index contributed by atoms with van der Waals surface area (Å²) in [5.74, 6) is -0.806. The van der Waals surface area contributed by atoms with Gasteiger partial charge in [0.1, 0.15) is 11.5 Å². The molecule has 0 bridgehead atoms. The lowest BCUT2D eigenvalue weighted by atomic mass is 10.1. The predicted molar refractivity (Wildman–Crippen MR) is 115 cm³/mol. The van der Waals surface area contributed by atoms with E-state index in [1.165, 1.54) is 14.2 Å². The van der Waals surface area contributed by atoms with E-state index >= 15 is 0 Å². The zero-order chi connectivity index (χ0) is 22.4. The molecule has 2 amide bonds. The minimum atomic E-state index is -0.610. The van der Waals surface area contributed by atoms with E-state index in [0.29, 0.717) is 17.2 Å². The molecular weight excluding hydrogens is 400 g/mol. The average Bonchev–Trinajstić information content (AvgIpc) is 3.19. The largest absolute Gasteiger partial charge is 0.497 e. The van der Waals surface area contributed by atoms with Crippen molar-refractivity contribution in [1.29, 1.82) is 0 Å². The second-order valence-electron chi connectivity index (χ2n) is 7.11. The summed E-state index contributed by atoms with van der Waals surface area (Å²) in [4.78, 5) is 38.8. The number of rotatable bonds is 8. The van der Waals surface area contributed by atoms with Gasteiger partial charge in [0, 0.05) is 24.7 Å². The molecule has 1 aliphatic rings. The van der Waals surface area contributed by atoms with E-state index < -0.39 is 24.4 Å². The second kappa shape index (κ2) is 9.97. The highest BCUT2D eigenvalue weighted by Gasteiger charge is 2.37. The van der Waals surface area contributed by atoms with Gasteiger partial charge in [-0.3, -0.25) is 14.4 Å². The molecule has 1 N–H and O–H groups in total. The maximum atomic E-state index is 12.5. The molecule has 1 fully saturated rings. The van der Waals surface area contributed by atoms with E-state index in [9.17, 15) is 14.4 Å². The SMILES string of the molecule is CCc1ccccc1N1C[C@H](C(=O)OCC(=O)Nc2ccc(OC)cc2OC)CC1=O. The zero-order valence-corrected chi connectivity index (χ0v) is 17.8. The minimum Gasteiger partial charge on any atom is -0.497 e. The molecule has 0 spiro atoms. The summed E-state index contributed by atoms with van der Waals surface area (Å²) in [6, 6.07) is 12.6. The van der Waals surface area contributed by atoms with Gasteiger partial charge in [0.15, 0.2) is 6.61 Å². The molecular formula is C23H26N2O6. The molecule has 8 heteroatoms. The van der Waals surface area contributed by atoms with Crippen LogP contribution in [-0.4, -0.2) is 45.2 Å². The summed E-state index contributed by atoms with van der Waals surface area (Å²) in [6.07, 6.45) is 0.842. The van der Waals surface area contributed by atoms with Crippen LogP contribution in [0.4, 0.5) is 11.4 Å². The number of para-hydroxylation sites is 1. The van der Waals surface area contributed by atoms with Crippen LogP contribution < -0.4 is 19.7 Å². The summed E-state index contributed by atoms with van der Waals surface area (Å²) < 4.78 is 15.5. The Morgan fingerprint density at radius 1 is 1.13 bits per heavy atom. The van der Waals surface area contributed by atoms with E-state index in [2.05, 4.69) is 5.32 Å². The van der Waals surface area contributed by atoms with E-state index in [0.717, 1.165) is 17.7 Å². The number of carbonyl (C=O) groups excluding carboxylic acids is 3. The summed E-state index contributed by atoms with van der Waals surface area (Å²) in [7, 11) is 3.01. The number of methoxy groups -OCH3 is 2. The molecule has 0 radical (unpaired) electrons. The van der Waals surface area contributed by atoms with Crippen molar-refractivity contribution >= 4 is 29.2 Å². The second-order valence-corrected chi connectivity index (χ2v) is 7.11. The van der Waals surface area contributed by atoms with Crippen molar-refractivity contribution in [2.45, 2.75) is 19.8 Å². The minimum absolute atomic E-state index is 0.0603. The number of hydrogen-bond acceptors (Lipinski definition) is 6. The molecule has 1 saturated heterocycles. The van der Waals surface area contributed by atoms with Crippen molar-refractivity contribution in [3.8, 4) is 11.5 Å². The van der Waals surface area contributed by atoms with E-state index in [4.69, 9.17) is 14.2 Å². The van der Waals surface area contributed by atoms with Crippen LogP contribution in [0.5, 0.6) is 11.5 Å². The van der Waals surface area contributed by atoms with Crippen LogP contribution in [0.1, 0.15) is 18.9 Å². The number of amides is 2. The van der Waals surface area contributed by atoms with Gasteiger partial charge in [0.2, 0.25) is 5.91 Å². The molecule has 0 saturated carbocycles. The van der Waals surface area contributed by atoms with E-state index in [-0.39, 0.29) is 18.9 Å². The van der Waals surface area contributed by atoms with Crippen molar-refractivity contribution < 1.29 is 28.6 Å². The van der Waals surface area contributed by atoms with Gasteiger partial charge in [-0.25, -0.2) is 0 Å². The van der Waals surface area contributed by atoms with E-state index in [1.807, 2.05) is 31.2 Å². The van der Waals surface area contributed by atoms with Crippen LogP contribution in [0.2, 0.25) is 0 Å². The summed E-state index contributed by atoms with van der Waals surface area (Å²) in [6.45, 7) is 1.80. The first kappa shape index (κ1) is 22.1. The Kier molecular flexibility index (Phi) is 7.12. The van der Waals surface area contributed by atoms with Gasteiger partial charge < -0.3 is 24.4 Å². The molecule has 31 heavy (non-hydrogen) atoms. The van der Waals surface area contributed by atoms with Gasteiger partial charge in [0.25, 0.3) is 5.91 Å². The van der Waals surface area contributed by atoms with Crippen LogP contribution >= 0.6 is 0 Å². The third-order valence-corrected chi connectivity index (χ3v) is 5.15. The Hall–Kier alpha value is -3.55. The first-order valence-electron chi connectivity index (χ1n) is 10.0. The first-order chi connectivity index (χ1) is 15.0. The predicted octanol–water partition coefficient (Wildman–Crippen LogP) is 2.80. The third-order valence-electron chi connectivity index (χ3n) is 5.15. The number of carbonyl (C=O) groups is 3. The summed E-state index contributed by atoms with van der Waals surface area (Å²) in [5.41, 5.74) is 2.29. The molecule has 0 aromatic heterocycles. The van der Waals surface area contributed by atoms with Gasteiger partial charge >= 0.3 is 5.97 Å². The maximum absolute atomic E-state index is 12.5. The molecule has 2 aromatic rings. The van der Waals surface area contributed by atoms with Crippen molar-refractivity contribution in [1.82, 2.24) is 0 Å². The fourth-order valence-corrected chi connectivity index (χ4v) is 3.51. The Balaban J connectivity index is 1.56. The smallest absolute Gasteiger partial charge is 0.311 e. The lowest BCUT2D eigenvalue weighted by Crippen LogP contribution is -2.28. The van der Waals surface area contributed by atoms with Gasteiger partial charge in [-0.1, -0.05) is 25.1 Å². The number of nitrogens with zero attached hydrogens (tertiary/aromatic N) is 1. The van der Waals surface area contributed by atoms with Crippen LogP contribution in [0.3, 0.4) is 0 Å². The number of nitrogens with one attached hydrogen (secondary N) is 1. The number of ether oxygens (including phenoxy) is 3. The van der Waals surface area contributed by atoms with E-state index in [1.54, 1.807) is 23.1 Å². The maximum Gasteiger partial charge on any atom is 0.311 e. The molecule has 3 rings (SSSR count). The van der Waals surface area contributed by atoms with Crippen LogP contribution in [0.15, 0.2) is 42.5 Å². The quantitative estimate of drug-likeness (QED) is 0.653. The normalized spacial score (nSPS) is 15.5. The average molecular weight is 426 g/mol. The standard InChI is InChI=1S/C23H26N2O6/c1-4-15-7-5-6-8-19(15)25-13-16(11-22(25)27)23(28)31-14-21(26)24-18-10-9-17(29-2)12-20(18)30-3/h5-10,12,16H,4,11,13-14H2,1-3H3,(H,24,26)/t16-/m1/s1. The lowest BCUT2D eigenvalue weighted by molar-refractivity contribution is -0.151. The van der Waals surface area contributed by atoms with Gasteiger partial charge in [0.05, 0.1) is 25.8 Å². The monoisotopic (exact) mass is 426 g/mol.